The highest BCUT2D eigenvalue weighted by Crippen LogP contribution is 2.34. The summed E-state index contributed by atoms with van der Waals surface area (Å²) in [6.45, 7) is 12.3. The second kappa shape index (κ2) is 28.5. The highest BCUT2D eigenvalue weighted by atomic mass is 16.6. The molecule has 5 atom stereocenters. The molecule has 1 saturated heterocycles. The molecule has 16 heteroatoms. The van der Waals surface area contributed by atoms with Gasteiger partial charge in [-0.25, -0.2) is 9.59 Å². The summed E-state index contributed by atoms with van der Waals surface area (Å²) >= 11 is 0. The van der Waals surface area contributed by atoms with Gasteiger partial charge in [0.25, 0.3) is 0 Å². The van der Waals surface area contributed by atoms with E-state index in [0.29, 0.717) is 65.4 Å². The molecule has 5 rings (SSSR count). The third-order valence-corrected chi connectivity index (χ3v) is 11.5. The van der Waals surface area contributed by atoms with Crippen molar-refractivity contribution in [1.82, 2.24) is 25.4 Å². The maximum Gasteiger partial charge on any atom is 0.332 e. The molecule has 3 aromatic rings. The van der Waals surface area contributed by atoms with Crippen LogP contribution in [0.3, 0.4) is 0 Å². The summed E-state index contributed by atoms with van der Waals surface area (Å²) in [5, 5.41) is 6.43. The molecule has 2 heterocycles. The number of fused-ring (bicyclic) bond motifs is 1. The molecule has 0 spiro atoms. The highest BCUT2D eigenvalue weighted by molar-refractivity contribution is 5.83. The van der Waals surface area contributed by atoms with E-state index in [1.54, 1.807) is 13.3 Å². The fourth-order valence-corrected chi connectivity index (χ4v) is 8.28. The number of nitrogens with zero attached hydrogens (tertiary/aromatic N) is 3. The molecule has 1 aromatic heterocycles. The predicted octanol–water partition coefficient (Wildman–Crippen LogP) is 4.48. The fourth-order valence-electron chi connectivity index (χ4n) is 8.28. The lowest BCUT2D eigenvalue weighted by molar-refractivity contribution is -0.158. The van der Waals surface area contributed by atoms with Crippen LogP contribution in [-0.4, -0.2) is 155 Å². The van der Waals surface area contributed by atoms with E-state index in [-0.39, 0.29) is 57.8 Å². The molecule has 16 nitrogen and oxygen atoms in total. The molecule has 2 N–H and O–H groups in total. The van der Waals surface area contributed by atoms with Gasteiger partial charge in [-0.1, -0.05) is 74.0 Å². The van der Waals surface area contributed by atoms with Gasteiger partial charge < -0.3 is 43.8 Å². The molecule has 0 radical (unpaired) electrons. The van der Waals surface area contributed by atoms with Crippen LogP contribution in [0.25, 0.3) is 0 Å². The van der Waals surface area contributed by atoms with Crippen LogP contribution in [-0.2, 0) is 71.7 Å². The molecule has 67 heavy (non-hydrogen) atoms. The van der Waals surface area contributed by atoms with E-state index in [0.717, 1.165) is 35.1 Å². The third kappa shape index (κ3) is 19.0. The number of ether oxygens (including phenoxy) is 7. The minimum atomic E-state index is -0.823. The molecule has 1 unspecified atom stereocenters. The smallest absolute Gasteiger partial charge is 0.332 e. The molecule has 2 aliphatic rings. The maximum atomic E-state index is 14.9. The first-order valence-electron chi connectivity index (χ1n) is 23.7. The Balaban J connectivity index is 1.36. The number of nitrogens with one attached hydrogen (secondary N) is 2. The summed E-state index contributed by atoms with van der Waals surface area (Å²) in [7, 11) is 1.59. The van der Waals surface area contributed by atoms with E-state index in [9.17, 15) is 19.2 Å². The number of hydrogen-bond acceptors (Lipinski definition) is 14. The van der Waals surface area contributed by atoms with Crippen molar-refractivity contribution in [2.24, 2.45) is 5.92 Å². The molecule has 2 aromatic carbocycles. The quantitative estimate of drug-likeness (QED) is 0.0736. The topological polar surface area (TPSA) is 176 Å². The zero-order chi connectivity index (χ0) is 47.9. The Morgan fingerprint density at radius 2 is 1.49 bits per heavy atom. The number of aromatic nitrogens is 1. The summed E-state index contributed by atoms with van der Waals surface area (Å²) in [6, 6.07) is 20.1. The van der Waals surface area contributed by atoms with Crippen molar-refractivity contribution in [3.05, 3.63) is 101 Å². The lowest BCUT2D eigenvalue weighted by Crippen LogP contribution is -2.62. The van der Waals surface area contributed by atoms with E-state index in [4.69, 9.17) is 33.2 Å². The monoisotopic (exact) mass is 932 g/mol. The van der Waals surface area contributed by atoms with E-state index < -0.39 is 47.7 Å². The Morgan fingerprint density at radius 1 is 0.806 bits per heavy atom. The molecule has 0 bridgehead atoms. The summed E-state index contributed by atoms with van der Waals surface area (Å²) < 4.78 is 39.5. The van der Waals surface area contributed by atoms with Crippen molar-refractivity contribution in [3.63, 3.8) is 0 Å². The second-order valence-corrected chi connectivity index (χ2v) is 18.2. The fraction of sp³-hybridized carbons (Fsp3) is 0.588. The molecular formula is C51H73N5O11. The number of carbonyl (C=O) groups excluding carboxylic acids is 4. The van der Waals surface area contributed by atoms with Crippen LogP contribution in [0.1, 0.15) is 75.3 Å². The lowest BCUT2D eigenvalue weighted by atomic mass is 9.91. The van der Waals surface area contributed by atoms with Crippen LogP contribution in [0.15, 0.2) is 79.1 Å². The minimum absolute atomic E-state index is 0.128. The Morgan fingerprint density at radius 3 is 2.21 bits per heavy atom. The standard InChI is InChI=1S/C51H73N5O11/c1-6-7-22-62-25-27-65-37-47(58)67-45-31-40-17-11-12-18-43(40)48(45)53-49(59)41(29-38-14-9-8-10-15-38)30-42(66-46(57)36-64-28-26-63-24-23-61-5)34-56-21-20-55(33-39-16-13-19-52-32-39)35-44(56)50(60)54-51(2,3)4/h8-19,32,41-42,44-45,48H,6-7,20-31,33-37H2,1-5H3,(H,53,59)(H,54,60)/t41-,42+,44+,45-,48?/m1/s1. The molecular weight excluding hydrogens is 859 g/mol. The van der Waals surface area contributed by atoms with Crippen molar-refractivity contribution in [3.8, 4) is 0 Å². The van der Waals surface area contributed by atoms with Gasteiger partial charge >= 0.3 is 11.9 Å². The van der Waals surface area contributed by atoms with E-state index in [2.05, 4.69) is 32.3 Å². The summed E-state index contributed by atoms with van der Waals surface area (Å²) in [5.41, 5.74) is 3.29. The number of hydrogen-bond donors (Lipinski definition) is 2. The molecule has 0 saturated carbocycles. The average molecular weight is 932 g/mol. The van der Waals surface area contributed by atoms with Crippen LogP contribution >= 0.6 is 0 Å². The van der Waals surface area contributed by atoms with E-state index in [1.165, 1.54) is 0 Å². The average Bonchev–Trinajstić information content (AvgIpc) is 3.64. The van der Waals surface area contributed by atoms with Gasteiger partial charge in [-0.3, -0.25) is 24.4 Å². The van der Waals surface area contributed by atoms with Crippen LogP contribution in [0.2, 0.25) is 0 Å². The summed E-state index contributed by atoms with van der Waals surface area (Å²) in [5.74, 6) is -2.27. The van der Waals surface area contributed by atoms with Gasteiger partial charge in [0.15, 0.2) is 0 Å². The number of methoxy groups -OCH3 is 1. The first kappa shape index (κ1) is 53.1. The first-order valence-corrected chi connectivity index (χ1v) is 23.7. The zero-order valence-electron chi connectivity index (χ0n) is 40.2. The molecule has 368 valence electrons. The molecule has 1 aliphatic carbocycles. The molecule has 1 aliphatic heterocycles. The van der Waals surface area contributed by atoms with Gasteiger partial charge in [0.2, 0.25) is 11.8 Å². The highest BCUT2D eigenvalue weighted by Gasteiger charge is 2.40. The van der Waals surface area contributed by atoms with Crippen molar-refractivity contribution >= 4 is 23.8 Å². The number of benzene rings is 2. The predicted molar refractivity (Wildman–Crippen MR) is 252 cm³/mol. The van der Waals surface area contributed by atoms with Crippen molar-refractivity contribution in [2.45, 2.75) is 96.2 Å². The Labute approximate surface area is 396 Å². The van der Waals surface area contributed by atoms with Gasteiger partial charge in [0.05, 0.1) is 45.7 Å². The van der Waals surface area contributed by atoms with Crippen LogP contribution < -0.4 is 10.6 Å². The SMILES string of the molecule is CCCCOCCOCC(=O)O[C@@H]1Cc2ccccc2C1NC(=O)[C@H](Cc1ccccc1)C[C@@H](CN1CCN(Cc2cccnc2)C[C@H]1C(=O)NC(C)(C)C)OC(=O)COCCOCCOC. The van der Waals surface area contributed by atoms with Gasteiger partial charge in [0, 0.05) is 76.7 Å². The number of unbranched alkanes of at least 4 members (excludes halogenated alkanes) is 1. The Bertz CT molecular complexity index is 1930. The number of amides is 2. The number of pyridine rings is 1. The van der Waals surface area contributed by atoms with Gasteiger partial charge in [0.1, 0.15) is 31.5 Å². The molecule has 2 amide bonds. The number of rotatable bonds is 29. The number of carbonyl (C=O) groups is 4. The summed E-state index contributed by atoms with van der Waals surface area (Å²) in [6.07, 6.45) is 4.93. The van der Waals surface area contributed by atoms with Crippen LogP contribution in [0, 0.1) is 5.92 Å². The largest absolute Gasteiger partial charge is 0.459 e. The lowest BCUT2D eigenvalue weighted by Gasteiger charge is -2.42. The van der Waals surface area contributed by atoms with E-state index in [1.807, 2.05) is 93.7 Å². The van der Waals surface area contributed by atoms with Gasteiger partial charge in [-0.05, 0) is 68.4 Å². The second-order valence-electron chi connectivity index (χ2n) is 18.2. The van der Waals surface area contributed by atoms with Gasteiger partial charge in [-0.15, -0.1) is 0 Å². The van der Waals surface area contributed by atoms with E-state index >= 15 is 0 Å². The van der Waals surface area contributed by atoms with Crippen molar-refractivity contribution in [2.75, 3.05) is 92.8 Å². The normalized spacial score (nSPS) is 18.4. The Hall–Kier alpha value is -4.81. The number of esters is 2. The van der Waals surface area contributed by atoms with Gasteiger partial charge in [-0.2, -0.15) is 0 Å². The number of piperazine rings is 1. The Kier molecular flexibility index (Phi) is 22.6. The zero-order valence-corrected chi connectivity index (χ0v) is 40.2. The van der Waals surface area contributed by atoms with Crippen LogP contribution in [0.4, 0.5) is 0 Å². The third-order valence-electron chi connectivity index (χ3n) is 11.5. The van der Waals surface area contributed by atoms with Crippen LogP contribution in [0.5, 0.6) is 0 Å². The minimum Gasteiger partial charge on any atom is -0.459 e. The maximum absolute atomic E-state index is 14.9. The van der Waals surface area contributed by atoms with Crippen molar-refractivity contribution < 1.29 is 52.3 Å². The summed E-state index contributed by atoms with van der Waals surface area (Å²) in [4.78, 5) is 64.3. The van der Waals surface area contributed by atoms with Crippen molar-refractivity contribution in [1.29, 1.82) is 0 Å². The first-order chi connectivity index (χ1) is 32.4. The molecule has 1 fully saturated rings.